The summed E-state index contributed by atoms with van der Waals surface area (Å²) < 4.78 is 3.19. The van der Waals surface area contributed by atoms with E-state index in [9.17, 15) is 0 Å². The number of hydrogen-bond acceptors (Lipinski definition) is 2. The predicted molar refractivity (Wildman–Crippen MR) is 76.0 cm³/mol. The van der Waals surface area contributed by atoms with Crippen molar-refractivity contribution < 1.29 is 0 Å². The summed E-state index contributed by atoms with van der Waals surface area (Å²) in [6.45, 7) is 6.63. The van der Waals surface area contributed by atoms with Crippen molar-refractivity contribution in [3.63, 3.8) is 0 Å². The summed E-state index contributed by atoms with van der Waals surface area (Å²) in [7, 11) is 0. The normalized spacial score (nSPS) is 13.5. The number of rotatable bonds is 3. The Hall–Kier alpha value is -1.03. The fourth-order valence-corrected chi connectivity index (χ4v) is 2.74. The standard InChI is InChI=1S/C13H18BrN3/c1-4-11(8(2)3)17-12-6-5-9(14)7-10(12)16-13(17)15/h5-8,11H,4H2,1-3H3,(H2,15,16). The molecule has 0 amide bonds. The molecule has 0 fully saturated rings. The minimum absolute atomic E-state index is 0.404. The van der Waals surface area contributed by atoms with Crippen LogP contribution in [0.15, 0.2) is 22.7 Å². The van der Waals surface area contributed by atoms with Crippen LogP contribution in [0.25, 0.3) is 11.0 Å². The maximum atomic E-state index is 6.05. The third-order valence-corrected chi connectivity index (χ3v) is 3.69. The Bertz CT molecular complexity index is 531. The molecule has 0 aliphatic rings. The van der Waals surface area contributed by atoms with Gasteiger partial charge in [0, 0.05) is 10.5 Å². The number of nitrogen functional groups attached to an aromatic ring is 1. The molecule has 0 aliphatic heterocycles. The van der Waals surface area contributed by atoms with Crippen LogP contribution in [0.4, 0.5) is 5.95 Å². The molecular formula is C13H18BrN3. The monoisotopic (exact) mass is 295 g/mol. The number of hydrogen-bond donors (Lipinski definition) is 1. The summed E-state index contributed by atoms with van der Waals surface area (Å²) in [6, 6.07) is 6.52. The van der Waals surface area contributed by atoms with Crippen LogP contribution in [-0.4, -0.2) is 9.55 Å². The summed E-state index contributed by atoms with van der Waals surface area (Å²) in [4.78, 5) is 4.44. The minimum Gasteiger partial charge on any atom is -0.369 e. The molecule has 1 aromatic heterocycles. The molecule has 0 aliphatic carbocycles. The summed E-state index contributed by atoms with van der Waals surface area (Å²) in [5.74, 6) is 1.15. The molecule has 0 spiro atoms. The zero-order chi connectivity index (χ0) is 12.6. The Morgan fingerprint density at radius 1 is 1.41 bits per heavy atom. The van der Waals surface area contributed by atoms with Crippen LogP contribution in [0, 0.1) is 5.92 Å². The van der Waals surface area contributed by atoms with Crippen molar-refractivity contribution in [2.45, 2.75) is 33.2 Å². The molecule has 1 aromatic carbocycles. The van der Waals surface area contributed by atoms with E-state index in [0.717, 1.165) is 21.9 Å². The van der Waals surface area contributed by atoms with Crippen LogP contribution < -0.4 is 5.73 Å². The molecule has 0 saturated carbocycles. The second-order valence-electron chi connectivity index (χ2n) is 4.69. The lowest BCUT2D eigenvalue weighted by Gasteiger charge is -2.22. The van der Waals surface area contributed by atoms with Gasteiger partial charge in [-0.25, -0.2) is 4.98 Å². The highest BCUT2D eigenvalue weighted by Gasteiger charge is 2.19. The van der Waals surface area contributed by atoms with E-state index in [0.29, 0.717) is 17.9 Å². The van der Waals surface area contributed by atoms with Gasteiger partial charge in [0.25, 0.3) is 0 Å². The van der Waals surface area contributed by atoms with Crippen LogP contribution >= 0.6 is 15.9 Å². The highest BCUT2D eigenvalue weighted by Crippen LogP contribution is 2.30. The van der Waals surface area contributed by atoms with Gasteiger partial charge in [0.1, 0.15) is 0 Å². The first-order valence-corrected chi connectivity index (χ1v) is 6.76. The van der Waals surface area contributed by atoms with E-state index in [1.807, 2.05) is 12.1 Å². The highest BCUT2D eigenvalue weighted by atomic mass is 79.9. The van der Waals surface area contributed by atoms with Crippen molar-refractivity contribution in [3.8, 4) is 0 Å². The zero-order valence-electron chi connectivity index (χ0n) is 10.4. The molecule has 2 aromatic rings. The third kappa shape index (κ3) is 2.18. The lowest BCUT2D eigenvalue weighted by molar-refractivity contribution is 0.377. The Balaban J connectivity index is 2.63. The Morgan fingerprint density at radius 3 is 2.71 bits per heavy atom. The molecule has 2 N–H and O–H groups in total. The fourth-order valence-electron chi connectivity index (χ4n) is 2.39. The van der Waals surface area contributed by atoms with E-state index in [1.165, 1.54) is 0 Å². The molecule has 1 atom stereocenters. The number of imidazole rings is 1. The van der Waals surface area contributed by atoms with Gasteiger partial charge in [0.05, 0.1) is 11.0 Å². The molecule has 0 bridgehead atoms. The van der Waals surface area contributed by atoms with Crippen molar-refractivity contribution in [2.24, 2.45) is 5.92 Å². The number of benzene rings is 1. The first-order valence-electron chi connectivity index (χ1n) is 5.97. The van der Waals surface area contributed by atoms with Crippen LogP contribution in [-0.2, 0) is 0 Å². The lowest BCUT2D eigenvalue weighted by atomic mass is 10.0. The number of anilines is 1. The van der Waals surface area contributed by atoms with Gasteiger partial charge < -0.3 is 10.3 Å². The fraction of sp³-hybridized carbons (Fsp3) is 0.462. The number of halogens is 1. The van der Waals surface area contributed by atoms with Crippen molar-refractivity contribution in [3.05, 3.63) is 22.7 Å². The molecule has 0 saturated heterocycles. The van der Waals surface area contributed by atoms with Crippen LogP contribution in [0.1, 0.15) is 33.2 Å². The van der Waals surface area contributed by atoms with Crippen LogP contribution in [0.5, 0.6) is 0 Å². The van der Waals surface area contributed by atoms with Gasteiger partial charge in [-0.05, 0) is 30.5 Å². The summed E-state index contributed by atoms with van der Waals surface area (Å²) in [5, 5.41) is 0. The van der Waals surface area contributed by atoms with Gasteiger partial charge >= 0.3 is 0 Å². The first kappa shape index (κ1) is 12.4. The molecule has 3 nitrogen and oxygen atoms in total. The van der Waals surface area contributed by atoms with E-state index in [-0.39, 0.29) is 0 Å². The van der Waals surface area contributed by atoms with Gasteiger partial charge in [-0.3, -0.25) is 0 Å². The van der Waals surface area contributed by atoms with Crippen molar-refractivity contribution >= 4 is 32.9 Å². The van der Waals surface area contributed by atoms with E-state index in [1.54, 1.807) is 0 Å². The van der Waals surface area contributed by atoms with Gasteiger partial charge in [-0.2, -0.15) is 0 Å². The third-order valence-electron chi connectivity index (χ3n) is 3.20. The first-order chi connectivity index (χ1) is 8.04. The lowest BCUT2D eigenvalue weighted by Crippen LogP contribution is -2.16. The van der Waals surface area contributed by atoms with E-state index in [4.69, 9.17) is 5.73 Å². The number of nitrogens with two attached hydrogens (primary N) is 1. The second kappa shape index (κ2) is 4.69. The maximum Gasteiger partial charge on any atom is 0.201 e. The topological polar surface area (TPSA) is 43.8 Å². The van der Waals surface area contributed by atoms with Gasteiger partial charge in [0.2, 0.25) is 5.95 Å². The Labute approximate surface area is 110 Å². The van der Waals surface area contributed by atoms with Crippen LogP contribution in [0.2, 0.25) is 0 Å². The summed E-state index contributed by atoms with van der Waals surface area (Å²) >= 11 is 3.46. The Morgan fingerprint density at radius 2 is 2.12 bits per heavy atom. The molecule has 4 heteroatoms. The van der Waals surface area contributed by atoms with Gasteiger partial charge in [0.15, 0.2) is 0 Å². The summed E-state index contributed by atoms with van der Waals surface area (Å²) in [6.07, 6.45) is 1.06. The average Bonchev–Trinajstić information content (AvgIpc) is 2.55. The molecule has 0 radical (unpaired) electrons. The molecule has 92 valence electrons. The minimum atomic E-state index is 0.404. The smallest absolute Gasteiger partial charge is 0.201 e. The van der Waals surface area contributed by atoms with E-state index >= 15 is 0 Å². The SMILES string of the molecule is CCC(C(C)C)n1c(N)nc2cc(Br)ccc21. The van der Waals surface area contributed by atoms with Crippen LogP contribution in [0.3, 0.4) is 0 Å². The number of aromatic nitrogens is 2. The number of nitrogens with zero attached hydrogens (tertiary/aromatic N) is 2. The second-order valence-corrected chi connectivity index (χ2v) is 5.61. The molecule has 17 heavy (non-hydrogen) atoms. The average molecular weight is 296 g/mol. The molecular weight excluding hydrogens is 278 g/mol. The van der Waals surface area contributed by atoms with E-state index in [2.05, 4.69) is 52.3 Å². The largest absolute Gasteiger partial charge is 0.369 e. The quantitative estimate of drug-likeness (QED) is 0.930. The van der Waals surface area contributed by atoms with Crippen molar-refractivity contribution in [1.29, 1.82) is 0 Å². The summed E-state index contributed by atoms with van der Waals surface area (Å²) in [5.41, 5.74) is 8.13. The highest BCUT2D eigenvalue weighted by molar-refractivity contribution is 9.10. The molecule has 1 unspecified atom stereocenters. The predicted octanol–water partition coefficient (Wildman–Crippen LogP) is 3.99. The van der Waals surface area contributed by atoms with Gasteiger partial charge in [-0.1, -0.05) is 36.7 Å². The van der Waals surface area contributed by atoms with Crippen molar-refractivity contribution in [1.82, 2.24) is 9.55 Å². The zero-order valence-corrected chi connectivity index (χ0v) is 12.0. The van der Waals surface area contributed by atoms with E-state index < -0.39 is 0 Å². The maximum absolute atomic E-state index is 6.05. The molecule has 2 rings (SSSR count). The Kier molecular flexibility index (Phi) is 3.43. The number of fused-ring (bicyclic) bond motifs is 1. The van der Waals surface area contributed by atoms with Crippen molar-refractivity contribution in [2.75, 3.05) is 5.73 Å². The van der Waals surface area contributed by atoms with Gasteiger partial charge in [-0.15, -0.1) is 0 Å². The molecule has 1 heterocycles.